The summed E-state index contributed by atoms with van der Waals surface area (Å²) in [5.74, 6) is -1.97. The highest BCUT2D eigenvalue weighted by Crippen LogP contribution is 2.29. The van der Waals surface area contributed by atoms with E-state index in [4.69, 9.17) is 28.9 Å². The number of nitrogens with two attached hydrogens (primary N) is 1. The molecule has 0 fully saturated rings. The molecule has 94 valence electrons. The van der Waals surface area contributed by atoms with Crippen molar-refractivity contribution in [3.05, 3.63) is 69.2 Å². The summed E-state index contributed by atoms with van der Waals surface area (Å²) in [5.41, 5.74) is 7.02. The smallest absolute Gasteiger partial charge is 0.160 e. The van der Waals surface area contributed by atoms with E-state index in [0.717, 1.165) is 12.1 Å². The van der Waals surface area contributed by atoms with Gasteiger partial charge < -0.3 is 5.73 Å². The fourth-order valence-electron chi connectivity index (χ4n) is 1.63. The fourth-order valence-corrected chi connectivity index (χ4v) is 2.02. The van der Waals surface area contributed by atoms with Gasteiger partial charge in [0.2, 0.25) is 0 Å². The van der Waals surface area contributed by atoms with Gasteiger partial charge in [0.15, 0.2) is 11.6 Å². The average Bonchev–Trinajstić information content (AvgIpc) is 2.34. The van der Waals surface area contributed by atoms with Crippen molar-refractivity contribution in [3.8, 4) is 0 Å². The van der Waals surface area contributed by atoms with Crippen LogP contribution < -0.4 is 5.73 Å². The first kappa shape index (κ1) is 13.3. The van der Waals surface area contributed by atoms with Crippen molar-refractivity contribution in [1.82, 2.24) is 0 Å². The van der Waals surface area contributed by atoms with Crippen LogP contribution in [0.5, 0.6) is 0 Å². The molecule has 2 aromatic rings. The summed E-state index contributed by atoms with van der Waals surface area (Å²) in [4.78, 5) is 0. The Hall–Kier alpha value is -1.16. The van der Waals surface area contributed by atoms with Crippen LogP contribution in [0.25, 0.3) is 0 Å². The molecule has 0 radical (unpaired) electrons. The molecule has 1 nitrogen and oxygen atoms in total. The van der Waals surface area contributed by atoms with E-state index in [0.29, 0.717) is 16.1 Å². The van der Waals surface area contributed by atoms with Crippen molar-refractivity contribution in [2.45, 2.75) is 6.04 Å². The van der Waals surface area contributed by atoms with Gasteiger partial charge in [-0.15, -0.1) is 0 Å². The molecule has 0 saturated carbocycles. The zero-order valence-corrected chi connectivity index (χ0v) is 10.6. The minimum Gasteiger partial charge on any atom is -0.320 e. The monoisotopic (exact) mass is 287 g/mol. The van der Waals surface area contributed by atoms with Gasteiger partial charge in [0, 0.05) is 10.0 Å². The molecule has 0 aliphatic heterocycles. The van der Waals surface area contributed by atoms with Crippen LogP contribution in [0.3, 0.4) is 0 Å². The summed E-state index contributed by atoms with van der Waals surface area (Å²) in [7, 11) is 0. The molecule has 0 heterocycles. The molecule has 1 unspecified atom stereocenters. The third kappa shape index (κ3) is 2.64. The SMILES string of the molecule is NC(c1ccc(Cl)cc1)c1cc(F)c(F)cc1Cl. The van der Waals surface area contributed by atoms with Crippen LogP contribution in [-0.4, -0.2) is 0 Å². The molecule has 0 aliphatic rings. The van der Waals surface area contributed by atoms with Crippen molar-refractivity contribution in [3.63, 3.8) is 0 Å². The van der Waals surface area contributed by atoms with Crippen LogP contribution >= 0.6 is 23.2 Å². The summed E-state index contributed by atoms with van der Waals surface area (Å²) in [5, 5.41) is 0.665. The molecular formula is C13H9Cl2F2N. The van der Waals surface area contributed by atoms with Gasteiger partial charge in [-0.05, 0) is 35.4 Å². The molecule has 0 aliphatic carbocycles. The van der Waals surface area contributed by atoms with Gasteiger partial charge in [0.1, 0.15) is 0 Å². The Morgan fingerprint density at radius 3 is 2.11 bits per heavy atom. The average molecular weight is 288 g/mol. The predicted octanol–water partition coefficient (Wildman–Crippen LogP) is 4.32. The summed E-state index contributed by atoms with van der Waals surface area (Å²) < 4.78 is 26.1. The van der Waals surface area contributed by atoms with Crippen LogP contribution in [0.15, 0.2) is 36.4 Å². The highest BCUT2D eigenvalue weighted by Gasteiger charge is 2.16. The number of halogens is 4. The minimum atomic E-state index is -0.993. The second-order valence-corrected chi connectivity index (χ2v) is 4.66. The molecule has 0 bridgehead atoms. The third-order valence-electron chi connectivity index (χ3n) is 2.60. The third-order valence-corrected chi connectivity index (χ3v) is 3.18. The maximum absolute atomic E-state index is 13.2. The topological polar surface area (TPSA) is 26.0 Å². The zero-order chi connectivity index (χ0) is 13.3. The molecule has 0 aromatic heterocycles. The molecule has 2 aromatic carbocycles. The Labute approximate surface area is 113 Å². The van der Waals surface area contributed by atoms with Gasteiger partial charge in [-0.25, -0.2) is 8.78 Å². The van der Waals surface area contributed by atoms with Crippen molar-refractivity contribution < 1.29 is 8.78 Å². The molecule has 5 heteroatoms. The van der Waals surface area contributed by atoms with Gasteiger partial charge in [-0.3, -0.25) is 0 Å². The Bertz CT molecular complexity index is 570. The lowest BCUT2D eigenvalue weighted by atomic mass is 9.99. The lowest BCUT2D eigenvalue weighted by Gasteiger charge is -2.14. The maximum Gasteiger partial charge on any atom is 0.160 e. The highest BCUT2D eigenvalue weighted by molar-refractivity contribution is 6.31. The van der Waals surface area contributed by atoms with Gasteiger partial charge >= 0.3 is 0 Å². The van der Waals surface area contributed by atoms with Crippen LogP contribution in [0.4, 0.5) is 8.78 Å². The maximum atomic E-state index is 13.2. The summed E-state index contributed by atoms with van der Waals surface area (Å²) in [6.07, 6.45) is 0. The first-order valence-corrected chi connectivity index (χ1v) is 5.90. The zero-order valence-electron chi connectivity index (χ0n) is 9.13. The Morgan fingerprint density at radius 1 is 0.944 bits per heavy atom. The molecule has 0 amide bonds. The Kier molecular flexibility index (Phi) is 3.85. The first-order valence-electron chi connectivity index (χ1n) is 5.14. The summed E-state index contributed by atoms with van der Waals surface area (Å²) in [6.45, 7) is 0. The fraction of sp³-hybridized carbons (Fsp3) is 0.0769. The van der Waals surface area contributed by atoms with Gasteiger partial charge in [0.05, 0.1) is 6.04 Å². The van der Waals surface area contributed by atoms with Gasteiger partial charge in [-0.1, -0.05) is 35.3 Å². The van der Waals surface area contributed by atoms with Crippen molar-refractivity contribution >= 4 is 23.2 Å². The van der Waals surface area contributed by atoms with E-state index in [1.54, 1.807) is 24.3 Å². The second-order valence-electron chi connectivity index (χ2n) is 3.82. The van der Waals surface area contributed by atoms with Crippen LogP contribution in [0.2, 0.25) is 10.0 Å². The molecular weight excluding hydrogens is 279 g/mol. The Balaban J connectivity index is 2.42. The quantitative estimate of drug-likeness (QED) is 0.818. The molecule has 0 spiro atoms. The van der Waals surface area contributed by atoms with E-state index in [1.165, 1.54) is 0 Å². The molecule has 1 atom stereocenters. The number of hydrogen-bond donors (Lipinski definition) is 1. The van der Waals surface area contributed by atoms with Gasteiger partial charge in [-0.2, -0.15) is 0 Å². The first-order chi connectivity index (χ1) is 8.49. The summed E-state index contributed by atoms with van der Waals surface area (Å²) >= 11 is 11.6. The molecule has 18 heavy (non-hydrogen) atoms. The van der Waals surface area contributed by atoms with E-state index in [1.807, 2.05) is 0 Å². The highest BCUT2D eigenvalue weighted by atomic mass is 35.5. The van der Waals surface area contributed by atoms with Gasteiger partial charge in [0.25, 0.3) is 0 Å². The normalized spacial score (nSPS) is 12.5. The van der Waals surface area contributed by atoms with Crippen LogP contribution in [0.1, 0.15) is 17.2 Å². The largest absolute Gasteiger partial charge is 0.320 e. The van der Waals surface area contributed by atoms with Crippen LogP contribution in [0, 0.1) is 11.6 Å². The lowest BCUT2D eigenvalue weighted by molar-refractivity contribution is 0.506. The lowest BCUT2D eigenvalue weighted by Crippen LogP contribution is -2.13. The Morgan fingerprint density at radius 2 is 1.50 bits per heavy atom. The molecule has 2 N–H and O–H groups in total. The van der Waals surface area contributed by atoms with E-state index in [2.05, 4.69) is 0 Å². The molecule has 2 rings (SSSR count). The standard InChI is InChI=1S/C13H9Cl2F2N/c14-8-3-1-7(2-4-8)13(18)9-5-11(16)12(17)6-10(9)15/h1-6,13H,18H2. The summed E-state index contributed by atoms with van der Waals surface area (Å²) in [6, 6.07) is 8.06. The van der Waals surface area contributed by atoms with E-state index in [-0.39, 0.29) is 5.02 Å². The van der Waals surface area contributed by atoms with Crippen molar-refractivity contribution in [2.75, 3.05) is 0 Å². The second kappa shape index (κ2) is 5.22. The van der Waals surface area contributed by atoms with E-state index in [9.17, 15) is 8.78 Å². The predicted molar refractivity (Wildman–Crippen MR) is 68.9 cm³/mol. The van der Waals surface area contributed by atoms with Crippen molar-refractivity contribution in [2.24, 2.45) is 5.73 Å². The minimum absolute atomic E-state index is 0.0938. The van der Waals surface area contributed by atoms with E-state index >= 15 is 0 Å². The van der Waals surface area contributed by atoms with Crippen LogP contribution in [-0.2, 0) is 0 Å². The van der Waals surface area contributed by atoms with E-state index < -0.39 is 17.7 Å². The number of hydrogen-bond acceptors (Lipinski definition) is 1. The number of benzene rings is 2. The van der Waals surface area contributed by atoms with Crippen molar-refractivity contribution in [1.29, 1.82) is 0 Å². The number of rotatable bonds is 2. The molecule has 0 saturated heterocycles.